The molecule has 0 aliphatic heterocycles. The summed E-state index contributed by atoms with van der Waals surface area (Å²) in [5.74, 6) is 0. The first kappa shape index (κ1) is 19.6. The molecule has 0 unspecified atom stereocenters. The Morgan fingerprint density at radius 2 is 1.26 bits per heavy atom. The van der Waals surface area contributed by atoms with E-state index < -0.39 is 14.7 Å². The lowest BCUT2D eigenvalue weighted by molar-refractivity contribution is 0.602. The highest BCUT2D eigenvalue weighted by atomic mass is 35.5. The molecule has 0 aromatic heterocycles. The van der Waals surface area contributed by atoms with Crippen molar-refractivity contribution in [3.8, 4) is 0 Å². The number of hydrogen-bond acceptors (Lipinski definition) is 3. The van der Waals surface area contributed by atoms with Gasteiger partial charge < -0.3 is 0 Å². The zero-order valence-electron chi connectivity index (χ0n) is 14.5. The normalized spacial score (nSPS) is 12.8. The average Bonchev–Trinajstić information content (AvgIpc) is 2.68. The van der Waals surface area contributed by atoms with Gasteiger partial charge in [0, 0.05) is 6.26 Å². The minimum Gasteiger partial charge on any atom is -0.239 e. The Morgan fingerprint density at radius 1 is 0.815 bits per heavy atom. The summed E-state index contributed by atoms with van der Waals surface area (Å²) >= 11 is 13.7. The Kier molecular flexibility index (Phi) is 5.70. The van der Waals surface area contributed by atoms with E-state index >= 15 is 0 Å². The van der Waals surface area contributed by atoms with Gasteiger partial charge in [0.25, 0.3) is 0 Å². The van der Waals surface area contributed by atoms with Gasteiger partial charge in [-0.15, -0.1) is 11.6 Å². The van der Waals surface area contributed by atoms with Gasteiger partial charge >= 0.3 is 0 Å². The summed E-state index contributed by atoms with van der Waals surface area (Å²) in [7, 11) is -3.27. The molecule has 138 valence electrons. The zero-order chi connectivity index (χ0) is 19.5. The highest BCUT2D eigenvalue weighted by Crippen LogP contribution is 2.40. The molecule has 27 heavy (non-hydrogen) atoms. The van der Waals surface area contributed by atoms with Gasteiger partial charge in [0.2, 0.25) is 0 Å². The van der Waals surface area contributed by atoms with Crippen molar-refractivity contribution in [3.63, 3.8) is 0 Å². The maximum Gasteiger partial charge on any atom is 0.175 e. The fourth-order valence-electron chi connectivity index (χ4n) is 2.70. The molecular weight excluding hydrogens is 401 g/mol. The summed E-state index contributed by atoms with van der Waals surface area (Å²) in [6.07, 6.45) is 1.16. The predicted octanol–water partition coefficient (Wildman–Crippen LogP) is 5.54. The number of rotatable bonds is 5. The van der Waals surface area contributed by atoms with Gasteiger partial charge in [-0.05, 0) is 35.4 Å². The fourth-order valence-corrected chi connectivity index (χ4v) is 3.94. The predicted molar refractivity (Wildman–Crippen MR) is 112 cm³/mol. The number of benzene rings is 3. The maximum atomic E-state index is 11.6. The van der Waals surface area contributed by atoms with E-state index in [-0.39, 0.29) is 10.1 Å². The van der Waals surface area contributed by atoms with Crippen molar-refractivity contribution in [1.82, 2.24) is 0 Å². The van der Waals surface area contributed by atoms with E-state index in [0.717, 1.165) is 17.4 Å². The van der Waals surface area contributed by atoms with Crippen LogP contribution in [0, 0.1) is 0 Å². The van der Waals surface area contributed by atoms with Crippen molar-refractivity contribution >= 4 is 43.9 Å². The molecule has 3 aromatic carbocycles. The summed E-state index contributed by atoms with van der Waals surface area (Å²) in [6, 6.07) is 25.1. The van der Waals surface area contributed by atoms with Gasteiger partial charge in [-0.1, -0.05) is 72.3 Å². The molecular formula is C21H17Cl2NO2S. The molecule has 0 saturated carbocycles. The molecule has 0 aliphatic carbocycles. The Morgan fingerprint density at radius 3 is 1.67 bits per heavy atom. The standard InChI is InChI=1S/C21H17Cl2NO2S/c1-27(25,26)19-14-12-18(13-15-19)24-20(22)21(23,16-8-4-2-5-9-16)17-10-6-3-7-11-17/h2-15H,1H3. The van der Waals surface area contributed by atoms with Gasteiger partial charge in [0.05, 0.1) is 10.6 Å². The van der Waals surface area contributed by atoms with E-state index in [1.807, 2.05) is 60.7 Å². The van der Waals surface area contributed by atoms with E-state index in [0.29, 0.717) is 5.69 Å². The molecule has 0 atom stereocenters. The molecule has 0 fully saturated rings. The maximum absolute atomic E-state index is 11.6. The van der Waals surface area contributed by atoms with Crippen LogP contribution in [0.25, 0.3) is 0 Å². The zero-order valence-corrected chi connectivity index (χ0v) is 16.8. The number of halogens is 2. The number of hydrogen-bond donors (Lipinski definition) is 0. The van der Waals surface area contributed by atoms with Gasteiger partial charge in [-0.2, -0.15) is 0 Å². The van der Waals surface area contributed by atoms with Crippen LogP contribution in [0.1, 0.15) is 11.1 Å². The molecule has 0 saturated heterocycles. The highest BCUT2D eigenvalue weighted by molar-refractivity contribution is 7.90. The van der Waals surface area contributed by atoms with Crippen molar-refractivity contribution in [2.24, 2.45) is 4.99 Å². The lowest BCUT2D eigenvalue weighted by Gasteiger charge is -2.27. The summed E-state index contributed by atoms with van der Waals surface area (Å²) in [5, 5.41) is 0.175. The van der Waals surface area contributed by atoms with E-state index in [4.69, 9.17) is 23.2 Å². The second kappa shape index (κ2) is 7.85. The van der Waals surface area contributed by atoms with Gasteiger partial charge in [-0.25, -0.2) is 13.4 Å². The first-order valence-corrected chi connectivity index (χ1v) is 10.8. The van der Waals surface area contributed by atoms with E-state index in [1.165, 1.54) is 12.1 Å². The SMILES string of the molecule is CS(=O)(=O)c1ccc(N=C(Cl)C(Cl)(c2ccccc2)c2ccccc2)cc1. The summed E-state index contributed by atoms with van der Waals surface area (Å²) in [4.78, 5) is 3.53. The molecule has 0 amide bonds. The molecule has 3 aromatic rings. The molecule has 0 heterocycles. The van der Waals surface area contributed by atoms with Crippen LogP contribution in [0.2, 0.25) is 0 Å². The van der Waals surface area contributed by atoms with Crippen LogP contribution in [-0.4, -0.2) is 19.8 Å². The summed E-state index contributed by atoms with van der Waals surface area (Å²) in [6.45, 7) is 0. The summed E-state index contributed by atoms with van der Waals surface area (Å²) < 4.78 is 23.2. The largest absolute Gasteiger partial charge is 0.239 e. The van der Waals surface area contributed by atoms with Gasteiger partial charge in [0.1, 0.15) is 10.0 Å². The van der Waals surface area contributed by atoms with Crippen LogP contribution in [0.4, 0.5) is 5.69 Å². The molecule has 3 nitrogen and oxygen atoms in total. The van der Waals surface area contributed by atoms with Crippen LogP contribution in [-0.2, 0) is 14.7 Å². The van der Waals surface area contributed by atoms with E-state index in [2.05, 4.69) is 4.99 Å². The van der Waals surface area contributed by atoms with Gasteiger partial charge in [0.15, 0.2) is 9.84 Å². The third-order valence-corrected chi connectivity index (χ3v) is 6.33. The third kappa shape index (κ3) is 4.24. The van der Waals surface area contributed by atoms with Crippen LogP contribution in [0.5, 0.6) is 0 Å². The Bertz CT molecular complexity index is 1010. The first-order valence-electron chi connectivity index (χ1n) is 8.16. The minimum absolute atomic E-state index is 0.175. The van der Waals surface area contributed by atoms with E-state index in [1.54, 1.807) is 12.1 Å². The van der Waals surface area contributed by atoms with Crippen LogP contribution in [0.3, 0.4) is 0 Å². The first-order chi connectivity index (χ1) is 12.8. The smallest absolute Gasteiger partial charge is 0.175 e. The summed E-state index contributed by atoms with van der Waals surface area (Å²) in [5.41, 5.74) is 2.10. The van der Waals surface area contributed by atoms with E-state index in [9.17, 15) is 8.42 Å². The van der Waals surface area contributed by atoms with Crippen molar-refractivity contribution < 1.29 is 8.42 Å². The Balaban J connectivity index is 2.09. The highest BCUT2D eigenvalue weighted by Gasteiger charge is 2.37. The lowest BCUT2D eigenvalue weighted by atomic mass is 9.91. The topological polar surface area (TPSA) is 46.5 Å². The Labute approximate surface area is 169 Å². The number of alkyl halides is 1. The van der Waals surface area contributed by atoms with Gasteiger partial charge in [-0.3, -0.25) is 0 Å². The molecule has 0 spiro atoms. The Hall–Kier alpha value is -2.14. The van der Waals surface area contributed by atoms with Crippen LogP contribution in [0.15, 0.2) is 94.8 Å². The van der Waals surface area contributed by atoms with Crippen molar-refractivity contribution in [3.05, 3.63) is 96.1 Å². The third-order valence-electron chi connectivity index (χ3n) is 4.12. The van der Waals surface area contributed by atoms with Crippen LogP contribution >= 0.6 is 23.2 Å². The molecule has 0 N–H and O–H groups in total. The molecule has 0 aliphatic rings. The lowest BCUT2D eigenvalue weighted by Crippen LogP contribution is -2.27. The number of aliphatic imine (C=N–C) groups is 1. The average molecular weight is 418 g/mol. The monoisotopic (exact) mass is 417 g/mol. The van der Waals surface area contributed by atoms with Crippen LogP contribution < -0.4 is 0 Å². The minimum atomic E-state index is -3.27. The van der Waals surface area contributed by atoms with Crippen molar-refractivity contribution in [1.29, 1.82) is 0 Å². The second-order valence-corrected chi connectivity index (χ2v) is 9.00. The molecule has 0 bridgehead atoms. The van der Waals surface area contributed by atoms with Crippen molar-refractivity contribution in [2.75, 3.05) is 6.26 Å². The number of sulfone groups is 1. The quantitative estimate of drug-likeness (QED) is 0.403. The molecule has 3 rings (SSSR count). The molecule has 6 heteroatoms. The number of nitrogens with zero attached hydrogens (tertiary/aromatic N) is 1. The molecule has 0 radical (unpaired) electrons. The van der Waals surface area contributed by atoms with Crippen molar-refractivity contribution in [2.45, 2.75) is 9.77 Å². The second-order valence-electron chi connectivity index (χ2n) is 6.06. The fraction of sp³-hybridized carbons (Fsp3) is 0.0952.